The van der Waals surface area contributed by atoms with Gasteiger partial charge >= 0.3 is 0 Å². The molecule has 1 aromatic rings. The third kappa shape index (κ3) is 4.00. The highest BCUT2D eigenvalue weighted by Gasteiger charge is 2.11. The van der Waals surface area contributed by atoms with Crippen LogP contribution in [0, 0.1) is 0 Å². The average Bonchev–Trinajstić information content (AvgIpc) is 2.51. The van der Waals surface area contributed by atoms with Gasteiger partial charge in [0.2, 0.25) is 0 Å². The second-order valence-corrected chi connectivity index (χ2v) is 3.93. The number of nitrogens with zero attached hydrogens (tertiary/aromatic N) is 4. The summed E-state index contributed by atoms with van der Waals surface area (Å²) in [6.45, 7) is 9.10. The Morgan fingerprint density at radius 1 is 1.20 bits per heavy atom. The topological polar surface area (TPSA) is 34.0 Å². The molecule has 0 aliphatic heterocycles. The van der Waals surface area contributed by atoms with E-state index in [0.29, 0.717) is 5.92 Å². The molecule has 0 bridgehead atoms. The maximum Gasteiger partial charge on any atom is 0.146 e. The van der Waals surface area contributed by atoms with Gasteiger partial charge < -0.3 is 9.47 Å². The van der Waals surface area contributed by atoms with Gasteiger partial charge in [0, 0.05) is 13.0 Å². The van der Waals surface area contributed by atoms with Crippen molar-refractivity contribution >= 4 is 0 Å². The maximum absolute atomic E-state index is 4.15. The van der Waals surface area contributed by atoms with Crippen LogP contribution >= 0.6 is 0 Å². The maximum atomic E-state index is 4.15. The zero-order valence-electron chi connectivity index (χ0n) is 11.1. The SMILES string of the molecule is CC.CC(C)c1nnc(CN(C)C)n1C. The lowest BCUT2D eigenvalue weighted by Crippen LogP contribution is -2.15. The fourth-order valence-electron chi connectivity index (χ4n) is 1.30. The first-order valence-corrected chi connectivity index (χ1v) is 5.55. The van der Waals surface area contributed by atoms with Crippen molar-refractivity contribution in [3.8, 4) is 0 Å². The number of rotatable bonds is 3. The molecule has 0 aliphatic rings. The minimum absolute atomic E-state index is 0.438. The highest BCUT2D eigenvalue weighted by atomic mass is 15.3. The predicted molar refractivity (Wildman–Crippen MR) is 63.8 cm³/mol. The van der Waals surface area contributed by atoms with Crippen LogP contribution in [-0.2, 0) is 13.6 Å². The molecule has 0 aromatic carbocycles. The van der Waals surface area contributed by atoms with Gasteiger partial charge in [0.25, 0.3) is 0 Å². The van der Waals surface area contributed by atoms with E-state index in [9.17, 15) is 0 Å². The smallest absolute Gasteiger partial charge is 0.146 e. The third-order valence-electron chi connectivity index (χ3n) is 1.97. The summed E-state index contributed by atoms with van der Waals surface area (Å²) in [5.41, 5.74) is 0. The predicted octanol–water partition coefficient (Wildman–Crippen LogP) is 2.03. The zero-order chi connectivity index (χ0) is 12.0. The Morgan fingerprint density at radius 3 is 2.07 bits per heavy atom. The van der Waals surface area contributed by atoms with Crippen molar-refractivity contribution in [2.75, 3.05) is 14.1 Å². The van der Waals surface area contributed by atoms with Gasteiger partial charge in [-0.3, -0.25) is 0 Å². The lowest BCUT2D eigenvalue weighted by Gasteiger charge is -2.09. The monoisotopic (exact) mass is 212 g/mol. The highest BCUT2D eigenvalue weighted by Crippen LogP contribution is 2.11. The molecule has 0 amide bonds. The van der Waals surface area contributed by atoms with Crippen molar-refractivity contribution in [1.82, 2.24) is 19.7 Å². The molecule has 0 N–H and O–H groups in total. The van der Waals surface area contributed by atoms with Crippen LogP contribution in [0.3, 0.4) is 0 Å². The summed E-state index contributed by atoms with van der Waals surface area (Å²) in [4.78, 5) is 2.09. The average molecular weight is 212 g/mol. The Morgan fingerprint density at radius 2 is 1.73 bits per heavy atom. The van der Waals surface area contributed by atoms with Gasteiger partial charge in [-0.15, -0.1) is 10.2 Å². The van der Waals surface area contributed by atoms with E-state index < -0.39 is 0 Å². The normalized spacial score (nSPS) is 10.5. The van der Waals surface area contributed by atoms with Gasteiger partial charge in [0.15, 0.2) is 0 Å². The van der Waals surface area contributed by atoms with E-state index in [0.717, 1.165) is 18.2 Å². The molecule has 0 aliphatic carbocycles. The van der Waals surface area contributed by atoms with Crippen LogP contribution in [-0.4, -0.2) is 33.8 Å². The number of hydrogen-bond donors (Lipinski definition) is 0. The van der Waals surface area contributed by atoms with Crippen LogP contribution in [0.4, 0.5) is 0 Å². The molecule has 88 valence electrons. The van der Waals surface area contributed by atoms with E-state index in [2.05, 4.69) is 33.5 Å². The second-order valence-electron chi connectivity index (χ2n) is 3.93. The quantitative estimate of drug-likeness (QED) is 0.768. The van der Waals surface area contributed by atoms with E-state index in [1.54, 1.807) is 0 Å². The molecule has 4 heteroatoms. The first-order chi connectivity index (χ1) is 7.02. The van der Waals surface area contributed by atoms with Gasteiger partial charge in [-0.25, -0.2) is 0 Å². The molecule has 1 rings (SSSR count). The molecule has 0 spiro atoms. The van der Waals surface area contributed by atoms with Crippen LogP contribution in [0.25, 0.3) is 0 Å². The lowest BCUT2D eigenvalue weighted by atomic mass is 10.2. The van der Waals surface area contributed by atoms with Crippen LogP contribution in [0.5, 0.6) is 0 Å². The first kappa shape index (κ1) is 14.1. The van der Waals surface area contributed by atoms with Crippen LogP contribution in [0.15, 0.2) is 0 Å². The van der Waals surface area contributed by atoms with E-state index >= 15 is 0 Å². The number of hydrogen-bond acceptors (Lipinski definition) is 3. The summed E-state index contributed by atoms with van der Waals surface area (Å²) >= 11 is 0. The minimum atomic E-state index is 0.438. The van der Waals surface area contributed by atoms with Crippen LogP contribution in [0.1, 0.15) is 45.3 Å². The second kappa shape index (κ2) is 6.56. The van der Waals surface area contributed by atoms with Crippen LogP contribution in [0.2, 0.25) is 0 Å². The largest absolute Gasteiger partial charge is 0.317 e. The van der Waals surface area contributed by atoms with Crippen molar-refractivity contribution in [2.24, 2.45) is 7.05 Å². The van der Waals surface area contributed by atoms with Crippen molar-refractivity contribution in [1.29, 1.82) is 0 Å². The van der Waals surface area contributed by atoms with Gasteiger partial charge in [-0.1, -0.05) is 27.7 Å². The van der Waals surface area contributed by atoms with Crippen molar-refractivity contribution in [2.45, 2.75) is 40.2 Å². The van der Waals surface area contributed by atoms with Crippen molar-refractivity contribution in [3.63, 3.8) is 0 Å². The summed E-state index contributed by atoms with van der Waals surface area (Å²) in [5, 5.41) is 8.30. The molecule has 0 radical (unpaired) electrons. The molecule has 0 saturated heterocycles. The molecular weight excluding hydrogens is 188 g/mol. The minimum Gasteiger partial charge on any atom is -0.317 e. The standard InChI is InChI=1S/C9H18N4.C2H6/c1-7(2)9-11-10-8(13(9)5)6-12(3)4;1-2/h7H,6H2,1-5H3;1-2H3. The molecule has 0 atom stereocenters. The molecule has 0 unspecified atom stereocenters. The number of aromatic nitrogens is 3. The van der Waals surface area contributed by atoms with Crippen molar-refractivity contribution < 1.29 is 0 Å². The molecule has 1 heterocycles. The fourth-order valence-corrected chi connectivity index (χ4v) is 1.30. The zero-order valence-corrected chi connectivity index (χ0v) is 11.1. The summed E-state index contributed by atoms with van der Waals surface area (Å²) in [6, 6.07) is 0. The first-order valence-electron chi connectivity index (χ1n) is 5.55. The molecule has 15 heavy (non-hydrogen) atoms. The van der Waals surface area contributed by atoms with Crippen LogP contribution < -0.4 is 0 Å². The molecule has 1 aromatic heterocycles. The lowest BCUT2D eigenvalue weighted by molar-refractivity contribution is 0.383. The third-order valence-corrected chi connectivity index (χ3v) is 1.97. The van der Waals surface area contributed by atoms with Gasteiger partial charge in [0.1, 0.15) is 11.6 Å². The van der Waals surface area contributed by atoms with E-state index in [1.807, 2.05) is 35.0 Å². The van der Waals surface area contributed by atoms with E-state index in [1.165, 1.54) is 0 Å². The Balaban J connectivity index is 0.000000921. The highest BCUT2D eigenvalue weighted by molar-refractivity contribution is 4.98. The van der Waals surface area contributed by atoms with E-state index in [-0.39, 0.29) is 0 Å². The Hall–Kier alpha value is -0.900. The Labute approximate surface area is 93.3 Å². The van der Waals surface area contributed by atoms with Gasteiger partial charge in [-0.2, -0.15) is 0 Å². The molecular formula is C11H24N4. The summed E-state index contributed by atoms with van der Waals surface area (Å²) in [5.74, 6) is 2.51. The van der Waals surface area contributed by atoms with Gasteiger partial charge in [-0.05, 0) is 14.1 Å². The van der Waals surface area contributed by atoms with E-state index in [4.69, 9.17) is 0 Å². The molecule has 4 nitrogen and oxygen atoms in total. The summed E-state index contributed by atoms with van der Waals surface area (Å²) in [6.07, 6.45) is 0. The fraction of sp³-hybridized carbons (Fsp3) is 0.818. The van der Waals surface area contributed by atoms with Gasteiger partial charge in [0.05, 0.1) is 6.54 Å². The summed E-state index contributed by atoms with van der Waals surface area (Å²) in [7, 11) is 6.08. The molecule has 0 fully saturated rings. The Kier molecular flexibility index (Phi) is 6.17. The Bertz CT molecular complexity index is 276. The molecule has 0 saturated carbocycles. The summed E-state index contributed by atoms with van der Waals surface area (Å²) < 4.78 is 2.07. The van der Waals surface area contributed by atoms with Crippen molar-refractivity contribution in [3.05, 3.63) is 11.6 Å².